The number of hydrogen-bond donors (Lipinski definition) is 7. The lowest BCUT2D eigenvalue weighted by atomic mass is 9.32. The fraction of sp³-hybridized carbons (Fsp3) is 0.927. The van der Waals surface area contributed by atoms with Crippen molar-refractivity contribution in [2.45, 2.75) is 174 Å². The van der Waals surface area contributed by atoms with E-state index in [2.05, 4.69) is 54.5 Å². The maximum absolute atomic E-state index is 13.0. The summed E-state index contributed by atoms with van der Waals surface area (Å²) in [6, 6.07) is 0. The van der Waals surface area contributed by atoms with Crippen LogP contribution in [-0.4, -0.2) is 116 Å². The Balaban J connectivity index is 1.12. The van der Waals surface area contributed by atoms with Crippen LogP contribution in [0.25, 0.3) is 0 Å². The molecule has 53 heavy (non-hydrogen) atoms. The van der Waals surface area contributed by atoms with Gasteiger partial charge < -0.3 is 54.7 Å². The second-order valence-corrected chi connectivity index (χ2v) is 20.1. The summed E-state index contributed by atoms with van der Waals surface area (Å²) in [6.45, 7) is 15.7. The number of aliphatic hydroxyl groups is 6. The molecule has 2 saturated heterocycles. The second-order valence-electron chi connectivity index (χ2n) is 20.1. The Morgan fingerprint density at radius 3 is 2.13 bits per heavy atom. The van der Waals surface area contributed by atoms with Crippen molar-refractivity contribution < 1.29 is 59.5 Å². The Morgan fingerprint density at radius 1 is 0.755 bits per heavy atom. The Labute approximate surface area is 314 Å². The van der Waals surface area contributed by atoms with Crippen molar-refractivity contribution in [1.82, 2.24) is 0 Å². The topological polar surface area (TPSA) is 196 Å². The molecule has 0 radical (unpaired) electrons. The van der Waals surface area contributed by atoms with Gasteiger partial charge in [-0.05, 0) is 109 Å². The van der Waals surface area contributed by atoms with E-state index < -0.39 is 73.3 Å². The molecule has 0 unspecified atom stereocenters. The quantitative estimate of drug-likeness (QED) is 0.155. The van der Waals surface area contributed by atoms with Gasteiger partial charge >= 0.3 is 5.97 Å². The van der Waals surface area contributed by atoms with E-state index in [0.717, 1.165) is 57.8 Å². The molecular formula is C41H66O12. The summed E-state index contributed by atoms with van der Waals surface area (Å²) >= 11 is 0. The summed E-state index contributed by atoms with van der Waals surface area (Å²) in [6.07, 6.45) is -1.71. The van der Waals surface area contributed by atoms with E-state index in [4.69, 9.17) is 18.9 Å². The fourth-order valence-electron chi connectivity index (χ4n) is 13.5. The average molecular weight is 751 g/mol. The Hall–Kier alpha value is -1.19. The summed E-state index contributed by atoms with van der Waals surface area (Å²) in [5.41, 5.74) is 0.185. The molecule has 7 N–H and O–H groups in total. The summed E-state index contributed by atoms with van der Waals surface area (Å²) in [7, 11) is 0. The predicted octanol–water partition coefficient (Wildman–Crippen LogP) is 3.52. The van der Waals surface area contributed by atoms with Gasteiger partial charge in [0.05, 0.1) is 24.7 Å². The molecule has 0 amide bonds. The maximum Gasteiger partial charge on any atom is 0.313 e. The summed E-state index contributed by atoms with van der Waals surface area (Å²) in [5, 5.41) is 73.3. The van der Waals surface area contributed by atoms with Gasteiger partial charge in [0.2, 0.25) is 0 Å². The normalized spacial score (nSPS) is 53.3. The highest BCUT2D eigenvalue weighted by atomic mass is 16.8. The molecule has 0 bridgehead atoms. The SMILES string of the molecule is CC1(C)C=C2[C@H]3CC[C@@H]4[C@@]5(C)CC[C@H](O[C@@H]6OC[C@@H](O)[C@H](O)[C@H]6O[C@@H]6O[C@H](CO)[C@@H](O)[C@H](O)[C@H]6O)C(C)(C)[C@@H]5CC[C@@]4(C)[C@]3(C)CC[C@@]2(C(=O)O)CC1. The molecule has 302 valence electrons. The van der Waals surface area contributed by atoms with Crippen molar-refractivity contribution in [3.05, 3.63) is 11.6 Å². The Bertz CT molecular complexity index is 1430. The molecule has 7 aliphatic rings. The Morgan fingerprint density at radius 2 is 1.45 bits per heavy atom. The van der Waals surface area contributed by atoms with Crippen LogP contribution < -0.4 is 0 Å². The van der Waals surface area contributed by atoms with Gasteiger partial charge in [0.15, 0.2) is 12.6 Å². The van der Waals surface area contributed by atoms with E-state index in [-0.39, 0.29) is 45.7 Å². The van der Waals surface area contributed by atoms with E-state index in [9.17, 15) is 40.5 Å². The van der Waals surface area contributed by atoms with Gasteiger partial charge in [-0.15, -0.1) is 0 Å². The van der Waals surface area contributed by atoms with Gasteiger partial charge in [-0.25, -0.2) is 0 Å². The maximum atomic E-state index is 13.0. The van der Waals surface area contributed by atoms with Crippen LogP contribution in [0.3, 0.4) is 0 Å². The van der Waals surface area contributed by atoms with Crippen LogP contribution in [0.15, 0.2) is 11.6 Å². The summed E-state index contributed by atoms with van der Waals surface area (Å²) in [4.78, 5) is 13.0. The lowest BCUT2D eigenvalue weighted by Crippen LogP contribution is -2.67. The Kier molecular flexibility index (Phi) is 10.2. The number of allylic oxidation sites excluding steroid dienone is 1. The third-order valence-corrected chi connectivity index (χ3v) is 16.8. The minimum Gasteiger partial charge on any atom is -0.481 e. The molecule has 2 heterocycles. The number of ether oxygens (including phenoxy) is 4. The molecular weight excluding hydrogens is 684 g/mol. The van der Waals surface area contributed by atoms with Crippen molar-refractivity contribution in [3.63, 3.8) is 0 Å². The van der Waals surface area contributed by atoms with E-state index in [1.54, 1.807) is 0 Å². The highest BCUT2D eigenvalue weighted by Crippen LogP contribution is 2.76. The van der Waals surface area contributed by atoms with Crippen molar-refractivity contribution in [1.29, 1.82) is 0 Å². The van der Waals surface area contributed by atoms with Gasteiger partial charge in [0, 0.05) is 0 Å². The van der Waals surface area contributed by atoms with Crippen LogP contribution in [0.2, 0.25) is 0 Å². The molecule has 17 atom stereocenters. The third kappa shape index (κ3) is 5.94. The van der Waals surface area contributed by atoms with Crippen LogP contribution in [-0.2, 0) is 23.7 Å². The zero-order valence-electron chi connectivity index (χ0n) is 32.7. The molecule has 12 nitrogen and oxygen atoms in total. The first-order valence-electron chi connectivity index (χ1n) is 20.2. The van der Waals surface area contributed by atoms with Gasteiger partial charge in [-0.1, -0.05) is 60.1 Å². The standard InChI is InChI=1S/C41H66O12/c1-36(2)14-16-41(35(48)49)17-15-39(6)21(22(41)18-36)8-9-26-38(5)12-11-27(37(3,4)25(38)10-13-40(26,39)7)52-34-32(28(44)23(43)20-50-34)53-33-31(47)30(46)29(45)24(19-42)51-33/h18,21,23-34,42-47H,8-17,19-20H2,1-7H3,(H,48,49)/t21-,23-,24-,25+,26-,27+,28+,29-,30+,31-,32-,33+,34+,38+,39-,40-,41+/m1/s1. The first-order chi connectivity index (χ1) is 24.7. The lowest BCUT2D eigenvalue weighted by molar-refractivity contribution is -0.367. The minimum atomic E-state index is -1.69. The molecule has 12 heteroatoms. The van der Waals surface area contributed by atoms with Crippen molar-refractivity contribution in [2.75, 3.05) is 13.2 Å². The third-order valence-electron chi connectivity index (χ3n) is 16.8. The number of aliphatic hydroxyl groups excluding tert-OH is 6. The fourth-order valence-corrected chi connectivity index (χ4v) is 13.5. The molecule has 0 aromatic rings. The number of hydrogen-bond acceptors (Lipinski definition) is 11. The zero-order chi connectivity index (χ0) is 38.7. The highest BCUT2D eigenvalue weighted by molar-refractivity contribution is 5.80. The van der Waals surface area contributed by atoms with Gasteiger partial charge in [-0.3, -0.25) is 4.79 Å². The number of rotatable bonds is 6. The van der Waals surface area contributed by atoms with Crippen LogP contribution in [0.1, 0.15) is 113 Å². The molecule has 4 saturated carbocycles. The number of fused-ring (bicyclic) bond motifs is 7. The molecule has 0 aromatic heterocycles. The molecule has 0 aromatic carbocycles. The molecule has 7 rings (SSSR count). The van der Waals surface area contributed by atoms with Crippen LogP contribution in [0.5, 0.6) is 0 Å². The zero-order valence-corrected chi connectivity index (χ0v) is 32.7. The number of aliphatic carboxylic acids is 1. The van der Waals surface area contributed by atoms with Crippen LogP contribution in [0, 0.1) is 50.2 Å². The summed E-state index contributed by atoms with van der Waals surface area (Å²) in [5.74, 6) is 0.376. The smallest absolute Gasteiger partial charge is 0.313 e. The molecule has 0 spiro atoms. The number of carboxylic acids is 1. The van der Waals surface area contributed by atoms with E-state index in [1.807, 2.05) is 0 Å². The molecule has 2 aliphatic heterocycles. The van der Waals surface area contributed by atoms with E-state index in [1.165, 1.54) is 5.57 Å². The van der Waals surface area contributed by atoms with E-state index in [0.29, 0.717) is 18.3 Å². The highest BCUT2D eigenvalue weighted by Gasteiger charge is 2.70. The largest absolute Gasteiger partial charge is 0.481 e. The molecule has 5 aliphatic carbocycles. The van der Waals surface area contributed by atoms with Gasteiger partial charge in [0.1, 0.15) is 42.7 Å². The van der Waals surface area contributed by atoms with Gasteiger partial charge in [-0.2, -0.15) is 0 Å². The average Bonchev–Trinajstić information content (AvgIpc) is 3.08. The number of carboxylic acid groups (broad SMARTS) is 1. The van der Waals surface area contributed by atoms with Crippen LogP contribution >= 0.6 is 0 Å². The minimum absolute atomic E-state index is 0.00854. The lowest BCUT2D eigenvalue weighted by Gasteiger charge is -2.72. The van der Waals surface area contributed by atoms with Crippen molar-refractivity contribution in [3.8, 4) is 0 Å². The van der Waals surface area contributed by atoms with Crippen molar-refractivity contribution >= 4 is 5.97 Å². The van der Waals surface area contributed by atoms with Crippen LogP contribution in [0.4, 0.5) is 0 Å². The summed E-state index contributed by atoms with van der Waals surface area (Å²) < 4.78 is 24.3. The first kappa shape index (κ1) is 40.0. The monoisotopic (exact) mass is 750 g/mol. The van der Waals surface area contributed by atoms with Gasteiger partial charge in [0.25, 0.3) is 0 Å². The number of carbonyl (C=O) groups is 1. The molecule has 6 fully saturated rings. The first-order valence-corrected chi connectivity index (χ1v) is 20.2. The predicted molar refractivity (Wildman–Crippen MR) is 192 cm³/mol. The van der Waals surface area contributed by atoms with E-state index >= 15 is 0 Å². The second kappa shape index (κ2) is 13.5. The van der Waals surface area contributed by atoms with Crippen molar-refractivity contribution in [2.24, 2.45) is 50.2 Å².